The Balaban J connectivity index is 1.53. The minimum absolute atomic E-state index is 0.149. The Labute approximate surface area is 193 Å². The van der Waals surface area contributed by atoms with Crippen molar-refractivity contribution in [2.45, 2.75) is 51.0 Å². The number of methoxy groups -OCH3 is 1. The molecule has 0 aliphatic heterocycles. The molecule has 0 radical (unpaired) electrons. The van der Waals surface area contributed by atoms with Gasteiger partial charge in [-0.2, -0.15) is 0 Å². The number of nitrogens with one attached hydrogen (secondary N) is 2. The molecule has 7 nitrogen and oxygen atoms in total. The molecule has 170 valence electrons. The van der Waals surface area contributed by atoms with Crippen molar-refractivity contribution in [1.29, 1.82) is 0 Å². The van der Waals surface area contributed by atoms with E-state index in [9.17, 15) is 9.90 Å². The number of rotatable bonds is 7. The molecule has 8 heteroatoms. The maximum atomic E-state index is 12.7. The maximum absolute atomic E-state index is 12.7. The van der Waals surface area contributed by atoms with E-state index < -0.39 is 11.6 Å². The Morgan fingerprint density at radius 2 is 1.88 bits per heavy atom. The van der Waals surface area contributed by atoms with Crippen molar-refractivity contribution in [3.05, 3.63) is 52.2 Å². The second kappa shape index (κ2) is 9.42. The van der Waals surface area contributed by atoms with E-state index in [-0.39, 0.29) is 13.2 Å². The molecule has 0 saturated carbocycles. The number of carbonyl (C=O) groups excluding carboxylic acids is 1. The van der Waals surface area contributed by atoms with Gasteiger partial charge in [0.25, 0.3) is 0 Å². The van der Waals surface area contributed by atoms with Gasteiger partial charge in [0.2, 0.25) is 11.5 Å². The molecule has 1 atom stereocenters. The molecule has 2 aromatic rings. The Morgan fingerprint density at radius 1 is 1.19 bits per heavy atom. The van der Waals surface area contributed by atoms with Crippen LogP contribution in [-0.2, 0) is 40.8 Å². The highest BCUT2D eigenvalue weighted by molar-refractivity contribution is 7.80. The monoisotopic (exact) mass is 455 g/mol. The lowest BCUT2D eigenvalue weighted by atomic mass is 9.95. The quantitative estimate of drug-likeness (QED) is 0.434. The van der Waals surface area contributed by atoms with Crippen LogP contribution in [0, 0.1) is 0 Å². The van der Waals surface area contributed by atoms with Gasteiger partial charge >= 0.3 is 5.97 Å². The van der Waals surface area contributed by atoms with Crippen molar-refractivity contribution in [3.8, 4) is 5.88 Å². The second-order valence-electron chi connectivity index (χ2n) is 8.21. The van der Waals surface area contributed by atoms with Crippen molar-refractivity contribution < 1.29 is 19.4 Å². The molecule has 1 heterocycles. The highest BCUT2D eigenvalue weighted by Gasteiger charge is 2.40. The van der Waals surface area contributed by atoms with Crippen molar-refractivity contribution in [1.82, 2.24) is 10.3 Å². The number of hydrogen-bond donors (Lipinski definition) is 3. The number of nitrogens with zero attached hydrogens (tertiary/aromatic N) is 1. The zero-order valence-electron chi connectivity index (χ0n) is 18.5. The molecular formula is C24H29N3O4S. The molecule has 2 aliphatic carbocycles. The predicted molar refractivity (Wildman–Crippen MR) is 126 cm³/mol. The van der Waals surface area contributed by atoms with Crippen LogP contribution in [0.3, 0.4) is 0 Å². The minimum atomic E-state index is -1.94. The van der Waals surface area contributed by atoms with Crippen LogP contribution >= 0.6 is 12.2 Å². The molecular weight excluding hydrogens is 426 g/mol. The molecule has 1 unspecified atom stereocenters. The number of carbonyl (C=O) groups is 1. The molecule has 0 bridgehead atoms. The Kier molecular flexibility index (Phi) is 6.62. The highest BCUT2D eigenvalue weighted by Crippen LogP contribution is 2.38. The molecule has 2 aliphatic rings. The number of fused-ring (bicyclic) bond motifs is 2. The molecule has 1 aromatic carbocycles. The van der Waals surface area contributed by atoms with Crippen LogP contribution in [0.15, 0.2) is 24.4 Å². The zero-order chi connectivity index (χ0) is 22.7. The van der Waals surface area contributed by atoms with Gasteiger partial charge in [-0.15, -0.1) is 0 Å². The highest BCUT2D eigenvalue weighted by atomic mass is 32.1. The topological polar surface area (TPSA) is 92.7 Å². The molecule has 0 amide bonds. The Morgan fingerprint density at radius 3 is 2.44 bits per heavy atom. The number of aryl methyl sites for hydroxylation is 2. The number of benzene rings is 1. The average Bonchev–Trinajstić information content (AvgIpc) is 3.47. The summed E-state index contributed by atoms with van der Waals surface area (Å²) in [6, 6.07) is 5.55. The number of thiocarbonyl (C=S) groups is 1. The van der Waals surface area contributed by atoms with Crippen LogP contribution in [0.4, 0.5) is 5.69 Å². The van der Waals surface area contributed by atoms with Crippen molar-refractivity contribution in [3.63, 3.8) is 0 Å². The van der Waals surface area contributed by atoms with Gasteiger partial charge in [0.05, 0.1) is 20.3 Å². The fourth-order valence-corrected chi connectivity index (χ4v) is 4.80. The maximum Gasteiger partial charge on any atom is 0.344 e. The number of esters is 1. The van der Waals surface area contributed by atoms with E-state index in [1.54, 1.807) is 19.1 Å². The lowest BCUT2D eigenvalue weighted by Gasteiger charge is -2.27. The summed E-state index contributed by atoms with van der Waals surface area (Å²) < 4.78 is 10.2. The van der Waals surface area contributed by atoms with E-state index in [0.29, 0.717) is 16.6 Å². The molecule has 4 rings (SSSR count). The fraction of sp³-hybridized carbons (Fsp3) is 0.458. The summed E-state index contributed by atoms with van der Waals surface area (Å²) in [6.45, 7) is 1.69. The van der Waals surface area contributed by atoms with Gasteiger partial charge in [0.1, 0.15) is 0 Å². The minimum Gasteiger partial charge on any atom is -0.481 e. The van der Waals surface area contributed by atoms with Crippen molar-refractivity contribution in [2.24, 2.45) is 0 Å². The number of hydrogen-bond acceptors (Lipinski definition) is 6. The molecule has 1 aromatic heterocycles. The van der Waals surface area contributed by atoms with Crippen molar-refractivity contribution >= 4 is 29.0 Å². The number of anilines is 1. The van der Waals surface area contributed by atoms with Crippen molar-refractivity contribution in [2.75, 3.05) is 25.6 Å². The van der Waals surface area contributed by atoms with Gasteiger partial charge < -0.3 is 25.2 Å². The summed E-state index contributed by atoms with van der Waals surface area (Å²) in [4.78, 5) is 16.8. The van der Waals surface area contributed by atoms with Gasteiger partial charge in [0.15, 0.2) is 5.11 Å². The van der Waals surface area contributed by atoms with Gasteiger partial charge in [-0.3, -0.25) is 0 Å². The standard InChI is InChI=1S/C24H29N3O4S/c1-3-31-22(28)24(29,17-10-11-20(30-2)25-13-17)14-26-23(32)27-21-18-8-4-6-15(18)12-16-7-5-9-19(16)21/h10-13,29H,3-9,14H2,1-2H3,(H2,26,27,32). The summed E-state index contributed by atoms with van der Waals surface area (Å²) in [5.41, 5.74) is 4.96. The first kappa shape index (κ1) is 22.5. The van der Waals surface area contributed by atoms with Crippen LogP contribution in [0.1, 0.15) is 47.6 Å². The van der Waals surface area contributed by atoms with E-state index in [1.807, 2.05) is 0 Å². The smallest absolute Gasteiger partial charge is 0.344 e. The van der Waals surface area contributed by atoms with Crippen LogP contribution in [0.25, 0.3) is 0 Å². The first-order valence-corrected chi connectivity index (χ1v) is 11.5. The number of ether oxygens (including phenoxy) is 2. The zero-order valence-corrected chi connectivity index (χ0v) is 19.3. The van der Waals surface area contributed by atoms with Gasteiger partial charge in [-0.25, -0.2) is 9.78 Å². The van der Waals surface area contributed by atoms with Crippen LogP contribution in [0.2, 0.25) is 0 Å². The Bertz CT molecular complexity index is 993. The molecule has 3 N–H and O–H groups in total. The van der Waals surface area contributed by atoms with Crippen LogP contribution < -0.4 is 15.4 Å². The van der Waals surface area contributed by atoms with E-state index in [4.69, 9.17) is 21.7 Å². The molecule has 0 spiro atoms. The SMILES string of the molecule is CCOC(=O)C(O)(CNC(=S)Nc1c2c(cc3c1CCC3)CCC2)c1ccc(OC)nc1. The van der Waals surface area contributed by atoms with E-state index in [1.165, 1.54) is 35.6 Å². The molecule has 32 heavy (non-hydrogen) atoms. The lowest BCUT2D eigenvalue weighted by molar-refractivity contribution is -0.165. The van der Waals surface area contributed by atoms with Gasteiger partial charge in [0, 0.05) is 23.5 Å². The molecule has 0 fully saturated rings. The van der Waals surface area contributed by atoms with Gasteiger partial charge in [-0.1, -0.05) is 6.07 Å². The van der Waals surface area contributed by atoms with Crippen LogP contribution in [-0.4, -0.2) is 41.4 Å². The summed E-state index contributed by atoms with van der Waals surface area (Å²) in [6.07, 6.45) is 8.00. The van der Waals surface area contributed by atoms with E-state index >= 15 is 0 Å². The number of pyridine rings is 1. The second-order valence-corrected chi connectivity index (χ2v) is 8.62. The third-order valence-corrected chi connectivity index (χ3v) is 6.50. The van der Waals surface area contributed by atoms with Crippen LogP contribution in [0.5, 0.6) is 5.88 Å². The molecule has 0 saturated heterocycles. The van der Waals surface area contributed by atoms with Gasteiger partial charge in [-0.05, 0) is 86.0 Å². The summed E-state index contributed by atoms with van der Waals surface area (Å²) >= 11 is 5.57. The largest absolute Gasteiger partial charge is 0.481 e. The van der Waals surface area contributed by atoms with E-state index in [2.05, 4.69) is 21.7 Å². The summed E-state index contributed by atoms with van der Waals surface area (Å²) in [7, 11) is 1.50. The first-order chi connectivity index (χ1) is 15.5. The predicted octanol–water partition coefficient (Wildman–Crippen LogP) is 2.80. The lowest BCUT2D eigenvalue weighted by Crippen LogP contribution is -2.48. The third kappa shape index (κ3) is 4.29. The fourth-order valence-electron chi connectivity index (χ4n) is 4.62. The summed E-state index contributed by atoms with van der Waals surface area (Å²) in [5, 5.41) is 18.0. The Hall–Kier alpha value is -2.71. The average molecular weight is 456 g/mol. The normalized spacial score (nSPS) is 16.0. The third-order valence-electron chi connectivity index (χ3n) is 6.25. The first-order valence-electron chi connectivity index (χ1n) is 11.1. The van der Waals surface area contributed by atoms with E-state index in [0.717, 1.165) is 44.2 Å². The summed E-state index contributed by atoms with van der Waals surface area (Å²) in [5.74, 6) is -0.374. The number of aliphatic hydroxyl groups is 1. The number of aromatic nitrogens is 1.